The summed E-state index contributed by atoms with van der Waals surface area (Å²) in [5.74, 6) is -0.0205. The Morgan fingerprint density at radius 3 is 2.37 bits per heavy atom. The molecular weight excluding hydrogens is 385 g/mol. The Labute approximate surface area is 176 Å². The Balaban J connectivity index is 1.45. The van der Waals surface area contributed by atoms with Crippen molar-refractivity contribution in [3.8, 4) is 0 Å². The lowest BCUT2D eigenvalue weighted by molar-refractivity contribution is 0.0819. The molecule has 1 aliphatic rings. The Bertz CT molecular complexity index is 832. The Morgan fingerprint density at radius 1 is 1.07 bits per heavy atom. The minimum absolute atomic E-state index is 0.127. The third-order valence-corrected chi connectivity index (χ3v) is 5.22. The van der Waals surface area contributed by atoms with Gasteiger partial charge in [0.1, 0.15) is 5.82 Å². The molecule has 0 aromatic heterocycles. The number of rotatable bonds is 7. The molecule has 1 saturated heterocycles. The predicted molar refractivity (Wildman–Crippen MR) is 114 cm³/mol. The van der Waals surface area contributed by atoms with Crippen LogP contribution < -0.4 is 10.6 Å². The van der Waals surface area contributed by atoms with E-state index >= 15 is 0 Å². The summed E-state index contributed by atoms with van der Waals surface area (Å²) in [5, 5.41) is 5.69. The zero-order valence-electron chi connectivity index (χ0n) is 17.2. The van der Waals surface area contributed by atoms with Crippen molar-refractivity contribution in [2.24, 2.45) is 5.92 Å². The highest BCUT2D eigenvalue weighted by Gasteiger charge is 2.22. The number of hydrogen-bond donors (Lipinski definition) is 2. The van der Waals surface area contributed by atoms with Crippen LogP contribution in [0.3, 0.4) is 0 Å². The molecule has 160 valence electrons. The van der Waals surface area contributed by atoms with Gasteiger partial charge in [-0.25, -0.2) is 9.18 Å². The molecule has 0 saturated carbocycles. The molecule has 6 nitrogen and oxygen atoms in total. The zero-order chi connectivity index (χ0) is 21.3. The van der Waals surface area contributed by atoms with Crippen LogP contribution in [0, 0.1) is 11.7 Å². The number of nitrogens with zero attached hydrogens (tertiary/aromatic N) is 1. The van der Waals surface area contributed by atoms with Gasteiger partial charge in [-0.05, 0) is 67.6 Å². The molecule has 0 spiro atoms. The third kappa shape index (κ3) is 6.29. The molecule has 0 aliphatic carbocycles. The standard InChI is InChI=1S/C23H28FN3O3/c1-2-30-16-18-11-13-27(14-12-18)23(29)26-21-9-5-19(6-10-21)22(28)25-15-17-3-7-20(24)8-4-17/h3-10,18H,2,11-16H2,1H3,(H,25,28)(H,26,29). The number of halogens is 1. The van der Waals surface area contributed by atoms with Crippen LogP contribution in [-0.2, 0) is 11.3 Å². The van der Waals surface area contributed by atoms with Gasteiger partial charge in [-0.1, -0.05) is 12.1 Å². The number of nitrogens with one attached hydrogen (secondary N) is 2. The molecule has 1 aliphatic heterocycles. The minimum atomic E-state index is -0.308. The van der Waals surface area contributed by atoms with Crippen molar-refractivity contribution in [2.75, 3.05) is 31.6 Å². The summed E-state index contributed by atoms with van der Waals surface area (Å²) in [6.45, 7) is 5.22. The van der Waals surface area contributed by atoms with Crippen molar-refractivity contribution in [3.05, 3.63) is 65.5 Å². The first kappa shape index (κ1) is 21.8. The second-order valence-electron chi connectivity index (χ2n) is 7.41. The maximum absolute atomic E-state index is 12.9. The number of benzene rings is 2. The molecule has 2 N–H and O–H groups in total. The van der Waals surface area contributed by atoms with Crippen molar-refractivity contribution in [1.82, 2.24) is 10.2 Å². The number of carbonyl (C=O) groups excluding carboxylic acids is 2. The van der Waals surface area contributed by atoms with Gasteiger partial charge < -0.3 is 20.3 Å². The number of urea groups is 1. The molecule has 0 radical (unpaired) electrons. The molecule has 1 heterocycles. The summed E-state index contributed by atoms with van der Waals surface area (Å²) in [5.41, 5.74) is 1.96. The van der Waals surface area contributed by atoms with E-state index in [2.05, 4.69) is 10.6 Å². The van der Waals surface area contributed by atoms with Crippen molar-refractivity contribution >= 4 is 17.6 Å². The number of anilines is 1. The first-order valence-electron chi connectivity index (χ1n) is 10.3. The number of carbonyl (C=O) groups is 2. The summed E-state index contributed by atoms with van der Waals surface area (Å²) in [6.07, 6.45) is 1.89. The summed E-state index contributed by atoms with van der Waals surface area (Å²) < 4.78 is 18.4. The summed E-state index contributed by atoms with van der Waals surface area (Å²) in [7, 11) is 0. The average molecular weight is 413 g/mol. The van der Waals surface area contributed by atoms with Crippen LogP contribution in [0.15, 0.2) is 48.5 Å². The van der Waals surface area contributed by atoms with Gasteiger partial charge >= 0.3 is 6.03 Å². The molecule has 1 fully saturated rings. The molecule has 0 bridgehead atoms. The van der Waals surface area contributed by atoms with Gasteiger partial charge in [-0.15, -0.1) is 0 Å². The van der Waals surface area contributed by atoms with E-state index in [4.69, 9.17) is 4.74 Å². The summed E-state index contributed by atoms with van der Waals surface area (Å²) in [4.78, 5) is 26.6. The Kier molecular flexibility index (Phi) is 7.79. The van der Waals surface area contributed by atoms with Crippen LogP contribution in [0.1, 0.15) is 35.7 Å². The lowest BCUT2D eigenvalue weighted by Gasteiger charge is -2.31. The minimum Gasteiger partial charge on any atom is -0.381 e. The fourth-order valence-electron chi connectivity index (χ4n) is 3.38. The Morgan fingerprint density at radius 2 is 1.73 bits per heavy atom. The molecule has 3 amide bonds. The number of piperidine rings is 1. The second-order valence-corrected chi connectivity index (χ2v) is 7.41. The van der Waals surface area contributed by atoms with E-state index in [1.807, 2.05) is 11.8 Å². The topological polar surface area (TPSA) is 70.7 Å². The fourth-order valence-corrected chi connectivity index (χ4v) is 3.38. The normalized spacial score (nSPS) is 14.4. The van der Waals surface area contributed by atoms with Gasteiger partial charge in [0.05, 0.1) is 0 Å². The first-order valence-corrected chi connectivity index (χ1v) is 10.3. The number of amides is 3. The molecule has 3 rings (SSSR count). The second kappa shape index (κ2) is 10.7. The van der Waals surface area contributed by atoms with Crippen molar-refractivity contribution in [2.45, 2.75) is 26.3 Å². The SMILES string of the molecule is CCOCC1CCN(C(=O)Nc2ccc(C(=O)NCc3ccc(F)cc3)cc2)CC1. The monoisotopic (exact) mass is 413 g/mol. The molecule has 0 unspecified atom stereocenters. The maximum atomic E-state index is 12.9. The van der Waals surface area contributed by atoms with Crippen molar-refractivity contribution in [3.63, 3.8) is 0 Å². The number of hydrogen-bond acceptors (Lipinski definition) is 3. The Hall–Kier alpha value is -2.93. The largest absolute Gasteiger partial charge is 0.381 e. The average Bonchev–Trinajstić information content (AvgIpc) is 2.78. The van der Waals surface area contributed by atoms with Gasteiger partial charge in [0.25, 0.3) is 5.91 Å². The van der Waals surface area contributed by atoms with Crippen LogP contribution in [-0.4, -0.2) is 43.1 Å². The highest BCUT2D eigenvalue weighted by atomic mass is 19.1. The number of ether oxygens (including phenoxy) is 1. The van der Waals surface area contributed by atoms with Gasteiger partial charge in [0, 0.05) is 44.1 Å². The van der Waals surface area contributed by atoms with Gasteiger partial charge in [-0.2, -0.15) is 0 Å². The molecule has 30 heavy (non-hydrogen) atoms. The molecular formula is C23H28FN3O3. The van der Waals surface area contributed by atoms with E-state index < -0.39 is 0 Å². The molecule has 7 heteroatoms. The lowest BCUT2D eigenvalue weighted by Crippen LogP contribution is -2.41. The van der Waals surface area contributed by atoms with Crippen LogP contribution >= 0.6 is 0 Å². The van der Waals surface area contributed by atoms with Crippen LogP contribution in [0.2, 0.25) is 0 Å². The third-order valence-electron chi connectivity index (χ3n) is 5.22. The fraction of sp³-hybridized carbons (Fsp3) is 0.391. The van der Waals surface area contributed by atoms with Crippen molar-refractivity contribution in [1.29, 1.82) is 0 Å². The molecule has 2 aromatic carbocycles. The van der Waals surface area contributed by atoms with Gasteiger partial charge in [0.2, 0.25) is 0 Å². The van der Waals surface area contributed by atoms with E-state index in [-0.39, 0.29) is 17.8 Å². The lowest BCUT2D eigenvalue weighted by atomic mass is 9.98. The van der Waals surface area contributed by atoms with Crippen LogP contribution in [0.4, 0.5) is 14.9 Å². The molecule has 0 atom stereocenters. The van der Waals surface area contributed by atoms with E-state index in [0.29, 0.717) is 36.8 Å². The first-order chi connectivity index (χ1) is 14.5. The predicted octanol–water partition coefficient (Wildman–Crippen LogP) is 4.04. The number of likely N-dealkylation sites (tertiary alicyclic amines) is 1. The van der Waals surface area contributed by atoms with Gasteiger partial charge in [-0.3, -0.25) is 4.79 Å². The smallest absolute Gasteiger partial charge is 0.321 e. The maximum Gasteiger partial charge on any atom is 0.321 e. The van der Waals surface area contributed by atoms with E-state index in [1.54, 1.807) is 36.4 Å². The summed E-state index contributed by atoms with van der Waals surface area (Å²) in [6, 6.07) is 12.6. The highest BCUT2D eigenvalue weighted by Crippen LogP contribution is 2.19. The van der Waals surface area contributed by atoms with Crippen LogP contribution in [0.5, 0.6) is 0 Å². The zero-order valence-corrected chi connectivity index (χ0v) is 17.2. The van der Waals surface area contributed by atoms with Crippen LogP contribution in [0.25, 0.3) is 0 Å². The van der Waals surface area contributed by atoms with E-state index in [9.17, 15) is 14.0 Å². The highest BCUT2D eigenvalue weighted by molar-refractivity contribution is 5.95. The quantitative estimate of drug-likeness (QED) is 0.720. The summed E-state index contributed by atoms with van der Waals surface area (Å²) >= 11 is 0. The van der Waals surface area contributed by atoms with Crippen molar-refractivity contribution < 1.29 is 18.7 Å². The van der Waals surface area contributed by atoms with E-state index in [0.717, 1.165) is 31.6 Å². The molecule has 2 aromatic rings. The van der Waals surface area contributed by atoms with E-state index in [1.165, 1.54) is 12.1 Å². The van der Waals surface area contributed by atoms with Gasteiger partial charge in [0.15, 0.2) is 0 Å².